The van der Waals surface area contributed by atoms with Crippen LogP contribution in [0.25, 0.3) is 0 Å². The maximum absolute atomic E-state index is 13.7. The van der Waals surface area contributed by atoms with Crippen LogP contribution in [0.2, 0.25) is 0 Å². The van der Waals surface area contributed by atoms with E-state index in [4.69, 9.17) is 5.26 Å². The molecule has 0 radical (unpaired) electrons. The van der Waals surface area contributed by atoms with E-state index in [1.807, 2.05) is 0 Å². The lowest BCUT2D eigenvalue weighted by Gasteiger charge is -2.34. The number of anilines is 1. The van der Waals surface area contributed by atoms with Crippen molar-refractivity contribution in [3.63, 3.8) is 0 Å². The van der Waals surface area contributed by atoms with Crippen molar-refractivity contribution >= 4 is 5.69 Å². The summed E-state index contributed by atoms with van der Waals surface area (Å²) >= 11 is 0. The molecular formula is C14H17F2N3. The van der Waals surface area contributed by atoms with Crippen LogP contribution in [-0.2, 0) is 0 Å². The predicted molar refractivity (Wildman–Crippen MR) is 69.8 cm³/mol. The van der Waals surface area contributed by atoms with Crippen LogP contribution in [0.15, 0.2) is 12.1 Å². The van der Waals surface area contributed by atoms with Gasteiger partial charge in [0, 0.05) is 13.1 Å². The lowest BCUT2D eigenvalue weighted by Crippen LogP contribution is -2.42. The number of benzene rings is 1. The number of hydrogen-bond acceptors (Lipinski definition) is 3. The van der Waals surface area contributed by atoms with Crippen molar-refractivity contribution in [1.82, 2.24) is 5.32 Å². The summed E-state index contributed by atoms with van der Waals surface area (Å²) in [4.78, 5) is 0. The highest BCUT2D eigenvalue weighted by Crippen LogP contribution is 2.27. The van der Waals surface area contributed by atoms with E-state index in [1.54, 1.807) is 6.07 Å². The standard InChI is InChI=1S/C14H17F2N3/c1-14(3-2-4-18-8-14)9-19-13-11(15)5-10(7-17)6-12(13)16/h5-6,18-19H,2-4,8-9H2,1H3. The minimum atomic E-state index is -0.719. The highest BCUT2D eigenvalue weighted by molar-refractivity contribution is 5.50. The molecule has 1 aromatic carbocycles. The summed E-state index contributed by atoms with van der Waals surface area (Å²) in [5, 5.41) is 14.8. The molecule has 1 aromatic rings. The minimum Gasteiger partial charge on any atom is -0.380 e. The Bertz CT molecular complexity index is 479. The van der Waals surface area contributed by atoms with Gasteiger partial charge in [0.1, 0.15) is 5.69 Å². The SMILES string of the molecule is CC1(CNc2c(F)cc(C#N)cc2F)CCCNC1. The van der Waals surface area contributed by atoms with Crippen molar-refractivity contribution < 1.29 is 8.78 Å². The second-order valence-corrected chi connectivity index (χ2v) is 5.37. The monoisotopic (exact) mass is 265 g/mol. The zero-order valence-electron chi connectivity index (χ0n) is 10.9. The fraction of sp³-hybridized carbons (Fsp3) is 0.500. The van der Waals surface area contributed by atoms with Gasteiger partial charge in [-0.1, -0.05) is 6.92 Å². The fourth-order valence-corrected chi connectivity index (χ4v) is 2.38. The summed E-state index contributed by atoms with van der Waals surface area (Å²) in [6, 6.07) is 3.83. The molecule has 1 fully saturated rings. The van der Waals surface area contributed by atoms with Gasteiger partial charge >= 0.3 is 0 Å². The molecule has 1 atom stereocenters. The molecule has 19 heavy (non-hydrogen) atoms. The van der Waals surface area contributed by atoms with E-state index in [2.05, 4.69) is 17.6 Å². The molecule has 0 saturated carbocycles. The number of piperidine rings is 1. The van der Waals surface area contributed by atoms with E-state index in [0.29, 0.717) is 6.54 Å². The van der Waals surface area contributed by atoms with E-state index >= 15 is 0 Å². The second-order valence-electron chi connectivity index (χ2n) is 5.37. The van der Waals surface area contributed by atoms with Gasteiger partial charge in [-0.05, 0) is 36.9 Å². The zero-order valence-corrected chi connectivity index (χ0v) is 10.9. The first-order valence-electron chi connectivity index (χ1n) is 6.38. The van der Waals surface area contributed by atoms with Gasteiger partial charge < -0.3 is 10.6 Å². The van der Waals surface area contributed by atoms with E-state index in [9.17, 15) is 8.78 Å². The predicted octanol–water partition coefficient (Wildman–Crippen LogP) is 2.64. The average Bonchev–Trinajstić information content (AvgIpc) is 2.38. The third-order valence-corrected chi connectivity index (χ3v) is 3.55. The molecule has 1 saturated heterocycles. The van der Waals surface area contributed by atoms with Gasteiger partial charge in [0.05, 0.1) is 11.6 Å². The third-order valence-electron chi connectivity index (χ3n) is 3.55. The van der Waals surface area contributed by atoms with Crippen molar-refractivity contribution in [2.45, 2.75) is 19.8 Å². The van der Waals surface area contributed by atoms with Gasteiger partial charge in [-0.15, -0.1) is 0 Å². The highest BCUT2D eigenvalue weighted by Gasteiger charge is 2.27. The molecule has 0 spiro atoms. The van der Waals surface area contributed by atoms with Crippen molar-refractivity contribution in [3.8, 4) is 6.07 Å². The van der Waals surface area contributed by atoms with Gasteiger partial charge in [-0.2, -0.15) is 5.26 Å². The second kappa shape index (κ2) is 5.54. The van der Waals surface area contributed by atoms with Gasteiger partial charge in [0.15, 0.2) is 11.6 Å². The van der Waals surface area contributed by atoms with Gasteiger partial charge in [0.2, 0.25) is 0 Å². The van der Waals surface area contributed by atoms with Crippen molar-refractivity contribution in [1.29, 1.82) is 5.26 Å². The lowest BCUT2D eigenvalue weighted by molar-refractivity contribution is 0.253. The molecule has 2 N–H and O–H groups in total. The minimum absolute atomic E-state index is 0.00825. The smallest absolute Gasteiger partial charge is 0.150 e. The first kappa shape index (κ1) is 13.8. The van der Waals surface area contributed by atoms with Crippen LogP contribution >= 0.6 is 0 Å². The van der Waals surface area contributed by atoms with Crippen LogP contribution in [0, 0.1) is 28.4 Å². The van der Waals surface area contributed by atoms with Crippen molar-refractivity contribution in [2.24, 2.45) is 5.41 Å². The van der Waals surface area contributed by atoms with Crippen LogP contribution in [-0.4, -0.2) is 19.6 Å². The number of nitriles is 1. The van der Waals surface area contributed by atoms with Crippen LogP contribution in [0.5, 0.6) is 0 Å². The van der Waals surface area contributed by atoms with Crippen LogP contribution < -0.4 is 10.6 Å². The lowest BCUT2D eigenvalue weighted by atomic mass is 9.83. The summed E-state index contributed by atoms with van der Waals surface area (Å²) in [6.45, 7) is 4.42. The number of halogens is 2. The first-order valence-corrected chi connectivity index (χ1v) is 6.38. The summed E-state index contributed by atoms with van der Waals surface area (Å²) in [7, 11) is 0. The largest absolute Gasteiger partial charge is 0.380 e. The Balaban J connectivity index is 2.09. The molecule has 0 aromatic heterocycles. The van der Waals surface area contributed by atoms with Crippen molar-refractivity contribution in [3.05, 3.63) is 29.3 Å². The third kappa shape index (κ3) is 3.21. The quantitative estimate of drug-likeness (QED) is 0.883. The molecule has 1 aliphatic heterocycles. The maximum atomic E-state index is 13.7. The molecule has 0 bridgehead atoms. The van der Waals surface area contributed by atoms with E-state index in [1.165, 1.54) is 0 Å². The van der Waals surface area contributed by atoms with E-state index < -0.39 is 11.6 Å². The Hall–Kier alpha value is -1.67. The van der Waals surface area contributed by atoms with Gasteiger partial charge in [-0.3, -0.25) is 0 Å². The molecule has 5 heteroatoms. The Morgan fingerprint density at radius 2 is 2.11 bits per heavy atom. The van der Waals surface area contributed by atoms with E-state index in [0.717, 1.165) is 38.1 Å². The molecule has 1 unspecified atom stereocenters. The Morgan fingerprint density at radius 1 is 1.42 bits per heavy atom. The summed E-state index contributed by atoms with van der Waals surface area (Å²) in [5.41, 5.74) is -0.165. The van der Waals surface area contributed by atoms with Crippen LogP contribution in [0.4, 0.5) is 14.5 Å². The fourth-order valence-electron chi connectivity index (χ4n) is 2.38. The van der Waals surface area contributed by atoms with Gasteiger partial charge in [-0.25, -0.2) is 8.78 Å². The zero-order chi connectivity index (χ0) is 13.9. The summed E-state index contributed by atoms with van der Waals surface area (Å²) < 4.78 is 27.4. The highest BCUT2D eigenvalue weighted by atomic mass is 19.1. The Kier molecular flexibility index (Phi) is 4.01. The summed E-state index contributed by atoms with van der Waals surface area (Å²) in [5.74, 6) is -1.44. The Morgan fingerprint density at radius 3 is 2.63 bits per heavy atom. The number of nitrogens with zero attached hydrogens (tertiary/aromatic N) is 1. The van der Waals surface area contributed by atoms with Crippen molar-refractivity contribution in [2.75, 3.05) is 25.0 Å². The number of hydrogen-bond donors (Lipinski definition) is 2. The van der Waals surface area contributed by atoms with Gasteiger partial charge in [0.25, 0.3) is 0 Å². The first-order chi connectivity index (χ1) is 9.04. The normalized spacial score (nSPS) is 22.8. The molecule has 102 valence electrons. The molecule has 2 rings (SSSR count). The van der Waals surface area contributed by atoms with E-state index in [-0.39, 0.29) is 16.7 Å². The maximum Gasteiger partial charge on any atom is 0.150 e. The molecule has 0 aliphatic carbocycles. The molecule has 0 amide bonds. The average molecular weight is 265 g/mol. The van der Waals surface area contributed by atoms with Crippen LogP contribution in [0.1, 0.15) is 25.3 Å². The number of rotatable bonds is 3. The Labute approximate surface area is 111 Å². The summed E-state index contributed by atoms with van der Waals surface area (Å²) in [6.07, 6.45) is 2.09. The van der Waals surface area contributed by atoms with Crippen LogP contribution in [0.3, 0.4) is 0 Å². The topological polar surface area (TPSA) is 47.9 Å². The molecule has 3 nitrogen and oxygen atoms in total. The molecule has 1 heterocycles. The number of nitrogens with one attached hydrogen (secondary N) is 2. The molecular weight excluding hydrogens is 248 g/mol. The molecule has 1 aliphatic rings.